The van der Waals surface area contributed by atoms with Gasteiger partial charge in [0.25, 0.3) is 0 Å². The van der Waals surface area contributed by atoms with Crippen LogP contribution in [0.1, 0.15) is 59.3 Å². The maximum absolute atomic E-state index is 11.9. The number of hydrogen-bond donors (Lipinski definition) is 3. The van der Waals surface area contributed by atoms with Crippen LogP contribution in [0.15, 0.2) is 11.6 Å². The standard InChI is InChI=1S/C22H32O5/c1-11-8-15-14-5-4-12-9-13(23)6-7-21(12,2)18(14)16(24)10-22(15,3)17(11)19(25)20(26)27/h9,11,14-19,24-25H,4-8,10H2,1-3H3,(H,26,27)/t11-,14+,15+,16+,17-,18-,19?,21+,22+/m1/s1. The van der Waals surface area contributed by atoms with Crippen LogP contribution < -0.4 is 0 Å². The van der Waals surface area contributed by atoms with E-state index in [1.54, 1.807) is 0 Å². The molecule has 0 heterocycles. The van der Waals surface area contributed by atoms with Crippen molar-refractivity contribution >= 4 is 11.8 Å². The maximum Gasteiger partial charge on any atom is 0.332 e. The minimum Gasteiger partial charge on any atom is -0.479 e. The lowest BCUT2D eigenvalue weighted by molar-refractivity contribution is -0.164. The molecule has 9 atom stereocenters. The third-order valence-corrected chi connectivity index (χ3v) is 8.92. The smallest absolute Gasteiger partial charge is 0.332 e. The predicted octanol–water partition coefficient (Wildman–Crippen LogP) is 2.80. The van der Waals surface area contributed by atoms with Gasteiger partial charge in [0.2, 0.25) is 0 Å². The first-order chi connectivity index (χ1) is 12.6. The lowest BCUT2D eigenvalue weighted by Crippen LogP contribution is -2.57. The van der Waals surface area contributed by atoms with Crippen LogP contribution in [-0.4, -0.2) is 39.3 Å². The average Bonchev–Trinajstić information content (AvgIpc) is 2.84. The average molecular weight is 376 g/mol. The molecule has 0 saturated heterocycles. The first kappa shape index (κ1) is 19.1. The van der Waals surface area contributed by atoms with Gasteiger partial charge in [-0.25, -0.2) is 4.79 Å². The second-order valence-electron chi connectivity index (χ2n) is 10.2. The summed E-state index contributed by atoms with van der Waals surface area (Å²) in [7, 11) is 0. The Balaban J connectivity index is 1.72. The molecule has 3 saturated carbocycles. The number of carbonyl (C=O) groups is 2. The first-order valence-electron chi connectivity index (χ1n) is 10.4. The van der Waals surface area contributed by atoms with Crippen molar-refractivity contribution in [3.05, 3.63) is 11.6 Å². The number of allylic oxidation sites excluding steroid dienone is 1. The van der Waals surface area contributed by atoms with Crippen LogP contribution in [0.3, 0.4) is 0 Å². The summed E-state index contributed by atoms with van der Waals surface area (Å²) in [4.78, 5) is 23.5. The summed E-state index contributed by atoms with van der Waals surface area (Å²) in [5.41, 5.74) is 0.709. The quantitative estimate of drug-likeness (QED) is 0.689. The summed E-state index contributed by atoms with van der Waals surface area (Å²) < 4.78 is 0. The molecule has 3 fully saturated rings. The van der Waals surface area contributed by atoms with E-state index in [-0.39, 0.29) is 34.4 Å². The summed E-state index contributed by atoms with van der Waals surface area (Å²) in [6.07, 6.45) is 4.57. The molecule has 27 heavy (non-hydrogen) atoms. The summed E-state index contributed by atoms with van der Waals surface area (Å²) in [5.74, 6) is -0.398. The first-order valence-corrected chi connectivity index (χ1v) is 10.4. The van der Waals surface area contributed by atoms with Crippen molar-refractivity contribution in [2.24, 2.45) is 40.4 Å². The van der Waals surface area contributed by atoms with E-state index in [9.17, 15) is 24.9 Å². The summed E-state index contributed by atoms with van der Waals surface area (Å²) >= 11 is 0. The number of hydrogen-bond acceptors (Lipinski definition) is 4. The molecule has 4 aliphatic carbocycles. The van der Waals surface area contributed by atoms with Crippen molar-refractivity contribution in [3.8, 4) is 0 Å². The van der Waals surface area contributed by atoms with Gasteiger partial charge in [-0.05, 0) is 72.7 Å². The number of ketones is 1. The van der Waals surface area contributed by atoms with E-state index in [2.05, 4.69) is 20.8 Å². The van der Waals surface area contributed by atoms with Gasteiger partial charge in [0.05, 0.1) is 6.10 Å². The van der Waals surface area contributed by atoms with Crippen molar-refractivity contribution in [3.63, 3.8) is 0 Å². The van der Waals surface area contributed by atoms with Crippen LogP contribution >= 0.6 is 0 Å². The largest absolute Gasteiger partial charge is 0.479 e. The van der Waals surface area contributed by atoms with E-state index in [0.29, 0.717) is 24.7 Å². The van der Waals surface area contributed by atoms with Gasteiger partial charge in [-0.3, -0.25) is 4.79 Å². The third kappa shape index (κ3) is 2.57. The molecule has 0 aromatic heterocycles. The Kier molecular flexibility index (Phi) is 4.36. The van der Waals surface area contributed by atoms with Gasteiger partial charge in [0, 0.05) is 12.3 Å². The van der Waals surface area contributed by atoms with E-state index >= 15 is 0 Å². The molecule has 4 aliphatic rings. The zero-order chi connectivity index (χ0) is 19.7. The number of carbonyl (C=O) groups excluding carboxylic acids is 1. The van der Waals surface area contributed by atoms with Gasteiger partial charge in [-0.2, -0.15) is 0 Å². The minimum atomic E-state index is -1.37. The van der Waals surface area contributed by atoms with Crippen molar-refractivity contribution in [2.75, 3.05) is 0 Å². The molecule has 3 N–H and O–H groups in total. The highest BCUT2D eigenvalue weighted by molar-refractivity contribution is 5.91. The fraction of sp³-hybridized carbons (Fsp3) is 0.818. The number of fused-ring (bicyclic) bond motifs is 5. The number of aliphatic carboxylic acids is 1. The van der Waals surface area contributed by atoms with Crippen molar-refractivity contribution in [1.82, 2.24) is 0 Å². The maximum atomic E-state index is 11.9. The minimum absolute atomic E-state index is 0.120. The zero-order valence-corrected chi connectivity index (χ0v) is 16.5. The molecule has 5 heteroatoms. The van der Waals surface area contributed by atoms with Crippen molar-refractivity contribution in [2.45, 2.75) is 71.5 Å². The number of aliphatic hydroxyl groups excluding tert-OH is 2. The molecular formula is C22H32O5. The lowest BCUT2D eigenvalue weighted by Gasteiger charge is -2.60. The monoisotopic (exact) mass is 376 g/mol. The van der Waals surface area contributed by atoms with E-state index in [4.69, 9.17) is 0 Å². The Morgan fingerprint density at radius 1 is 1.30 bits per heavy atom. The Morgan fingerprint density at radius 3 is 2.67 bits per heavy atom. The molecule has 150 valence electrons. The Morgan fingerprint density at radius 2 is 2.00 bits per heavy atom. The van der Waals surface area contributed by atoms with E-state index in [0.717, 1.165) is 25.7 Å². The van der Waals surface area contributed by atoms with Crippen LogP contribution in [0, 0.1) is 40.4 Å². The fourth-order valence-corrected chi connectivity index (χ4v) is 7.92. The highest BCUT2D eigenvalue weighted by Gasteiger charge is 2.64. The molecule has 0 aliphatic heterocycles. The number of carboxylic acids is 1. The molecule has 4 rings (SSSR count). The Bertz CT molecular complexity index is 699. The Hall–Kier alpha value is -1.20. The van der Waals surface area contributed by atoms with E-state index in [1.807, 2.05) is 6.08 Å². The third-order valence-electron chi connectivity index (χ3n) is 8.92. The molecule has 0 aromatic carbocycles. The van der Waals surface area contributed by atoms with Gasteiger partial charge >= 0.3 is 5.97 Å². The normalized spacial score (nSPS) is 50.3. The van der Waals surface area contributed by atoms with Gasteiger partial charge in [0.15, 0.2) is 11.9 Å². The summed E-state index contributed by atoms with van der Waals surface area (Å²) in [6.45, 7) is 6.36. The zero-order valence-electron chi connectivity index (χ0n) is 16.5. The Labute approximate surface area is 160 Å². The van der Waals surface area contributed by atoms with Crippen LogP contribution in [0.25, 0.3) is 0 Å². The molecule has 0 spiro atoms. The van der Waals surface area contributed by atoms with Crippen LogP contribution in [0.4, 0.5) is 0 Å². The van der Waals surface area contributed by atoms with Gasteiger partial charge < -0.3 is 15.3 Å². The topological polar surface area (TPSA) is 94.8 Å². The number of rotatable bonds is 2. The molecular weight excluding hydrogens is 344 g/mol. The summed E-state index contributed by atoms with van der Waals surface area (Å²) in [6, 6.07) is 0. The predicted molar refractivity (Wildman–Crippen MR) is 99.8 cm³/mol. The SMILES string of the molecule is C[C@@H]1C[C@H]2[C@@H]3CCC4=CC(=O)CC[C@]4(C)[C@H]3[C@@H](O)C[C@]2(C)[C@H]1C(O)C(=O)O. The summed E-state index contributed by atoms with van der Waals surface area (Å²) in [5, 5.41) is 31.1. The molecule has 5 nitrogen and oxygen atoms in total. The highest BCUT2D eigenvalue weighted by atomic mass is 16.4. The fourth-order valence-electron chi connectivity index (χ4n) is 7.92. The molecule has 0 radical (unpaired) electrons. The molecule has 0 bridgehead atoms. The van der Waals surface area contributed by atoms with Crippen LogP contribution in [-0.2, 0) is 9.59 Å². The molecule has 0 aromatic rings. The lowest BCUT2D eigenvalue weighted by atomic mass is 9.45. The highest BCUT2D eigenvalue weighted by Crippen LogP contribution is 2.68. The molecule has 0 amide bonds. The van der Waals surface area contributed by atoms with E-state index in [1.165, 1.54) is 5.57 Å². The second-order valence-corrected chi connectivity index (χ2v) is 10.2. The number of aliphatic hydroxyl groups is 2. The number of carboxylic acid groups (broad SMARTS) is 1. The van der Waals surface area contributed by atoms with Gasteiger partial charge in [-0.1, -0.05) is 26.3 Å². The second kappa shape index (κ2) is 6.15. The van der Waals surface area contributed by atoms with Crippen LogP contribution in [0.5, 0.6) is 0 Å². The van der Waals surface area contributed by atoms with Crippen molar-refractivity contribution < 1.29 is 24.9 Å². The van der Waals surface area contributed by atoms with Gasteiger partial charge in [-0.15, -0.1) is 0 Å². The van der Waals surface area contributed by atoms with Crippen LogP contribution in [0.2, 0.25) is 0 Å². The van der Waals surface area contributed by atoms with E-state index < -0.39 is 18.2 Å². The molecule has 1 unspecified atom stereocenters. The van der Waals surface area contributed by atoms with Gasteiger partial charge in [0.1, 0.15) is 0 Å². The van der Waals surface area contributed by atoms with Crippen molar-refractivity contribution in [1.29, 1.82) is 0 Å².